The highest BCUT2D eigenvalue weighted by Gasteiger charge is 2.04. The molecule has 0 spiro atoms. The van der Waals surface area contributed by atoms with E-state index in [2.05, 4.69) is 58.9 Å². The fourth-order valence-electron chi connectivity index (χ4n) is 2.29. The largest absolute Gasteiger partial charge is 0.357 e. The van der Waals surface area contributed by atoms with Crippen molar-refractivity contribution >= 4 is 41.7 Å². The molecule has 2 aromatic rings. The molecule has 0 radical (unpaired) electrons. The molecule has 1 heterocycles. The number of thioether (sulfide) groups is 1. The summed E-state index contributed by atoms with van der Waals surface area (Å²) < 4.78 is 2.00. The highest BCUT2D eigenvalue weighted by Crippen LogP contribution is 2.22. The fraction of sp³-hybridized carbons (Fsp3) is 0.500. The van der Waals surface area contributed by atoms with Crippen LogP contribution in [0.5, 0.6) is 0 Å². The molecule has 6 nitrogen and oxygen atoms in total. The number of aryl methyl sites for hydroxylation is 1. The molecule has 0 aliphatic carbocycles. The van der Waals surface area contributed by atoms with Crippen molar-refractivity contribution in [2.24, 2.45) is 4.99 Å². The summed E-state index contributed by atoms with van der Waals surface area (Å²) in [5, 5.41) is 14.8. The van der Waals surface area contributed by atoms with Crippen LogP contribution >= 0.6 is 35.7 Å². The Hall–Kier alpha value is -1.29. The first kappa shape index (κ1) is 22.8. The molecule has 0 fully saturated rings. The van der Waals surface area contributed by atoms with Gasteiger partial charge in [-0.25, -0.2) is 0 Å². The third-order valence-electron chi connectivity index (χ3n) is 3.53. The van der Waals surface area contributed by atoms with E-state index >= 15 is 0 Å². The Kier molecular flexibility index (Phi) is 12.1. The number of benzene rings is 1. The van der Waals surface area contributed by atoms with Gasteiger partial charge in [-0.15, -0.1) is 45.9 Å². The van der Waals surface area contributed by atoms with Gasteiger partial charge in [0.25, 0.3) is 0 Å². The molecule has 0 saturated heterocycles. The Morgan fingerprint density at radius 2 is 1.88 bits per heavy atom. The molecule has 1 aromatic heterocycles. The second kappa shape index (κ2) is 13.9. The van der Waals surface area contributed by atoms with Crippen molar-refractivity contribution in [1.29, 1.82) is 0 Å². The summed E-state index contributed by atoms with van der Waals surface area (Å²) in [5.74, 6) is 0.896. The van der Waals surface area contributed by atoms with E-state index in [9.17, 15) is 0 Å². The van der Waals surface area contributed by atoms with Crippen LogP contribution in [0.3, 0.4) is 0 Å². The topological polar surface area (TPSA) is 67.1 Å². The summed E-state index contributed by atoms with van der Waals surface area (Å²) in [7, 11) is 0. The minimum Gasteiger partial charge on any atom is -0.357 e. The van der Waals surface area contributed by atoms with Crippen molar-refractivity contribution in [3.8, 4) is 0 Å². The van der Waals surface area contributed by atoms with E-state index in [0.29, 0.717) is 5.25 Å². The third kappa shape index (κ3) is 9.42. The van der Waals surface area contributed by atoms with Gasteiger partial charge in [0, 0.05) is 29.8 Å². The number of aliphatic imine (C=N–C) groups is 1. The Balaban J connectivity index is 0.00000338. The van der Waals surface area contributed by atoms with Crippen molar-refractivity contribution in [2.45, 2.75) is 43.4 Å². The highest BCUT2D eigenvalue weighted by molar-refractivity contribution is 14.0. The predicted octanol–water partition coefficient (Wildman–Crippen LogP) is 3.41. The van der Waals surface area contributed by atoms with E-state index in [-0.39, 0.29) is 24.0 Å². The number of nitrogens with one attached hydrogen (secondary N) is 2. The van der Waals surface area contributed by atoms with Crippen LogP contribution in [0.1, 0.15) is 26.7 Å². The van der Waals surface area contributed by atoms with Crippen molar-refractivity contribution in [3.05, 3.63) is 43.0 Å². The monoisotopic (exact) mass is 488 g/mol. The summed E-state index contributed by atoms with van der Waals surface area (Å²) in [6, 6.07) is 10.5. The molecule has 26 heavy (non-hydrogen) atoms. The molecule has 2 rings (SSSR count). The standard InChI is InChI=1S/C18H28N6S.HI/c1-3-19-18(20-11-7-8-12-24-14-22-23-15-24)21-13-16(2)25-17-9-5-4-6-10-17;/h4-6,9-10,14-16H,3,7-8,11-13H2,1-2H3,(H2,19,20,21);1H. The van der Waals surface area contributed by atoms with E-state index in [1.165, 1.54) is 4.90 Å². The van der Waals surface area contributed by atoms with Crippen LogP contribution in [0.25, 0.3) is 0 Å². The maximum Gasteiger partial charge on any atom is 0.191 e. The molecule has 2 N–H and O–H groups in total. The first-order chi connectivity index (χ1) is 12.3. The average Bonchev–Trinajstić information content (AvgIpc) is 3.13. The summed E-state index contributed by atoms with van der Waals surface area (Å²) in [6.45, 7) is 7.82. The number of hydrogen-bond donors (Lipinski definition) is 2. The molecule has 0 aliphatic heterocycles. The molecule has 1 atom stereocenters. The lowest BCUT2D eigenvalue weighted by Gasteiger charge is -2.13. The molecule has 0 amide bonds. The fourth-order valence-corrected chi connectivity index (χ4v) is 3.22. The number of halogens is 1. The molecular weight excluding hydrogens is 459 g/mol. The predicted molar refractivity (Wildman–Crippen MR) is 120 cm³/mol. The van der Waals surface area contributed by atoms with Gasteiger partial charge in [-0.3, -0.25) is 4.99 Å². The number of guanidine groups is 1. The third-order valence-corrected chi connectivity index (χ3v) is 4.63. The van der Waals surface area contributed by atoms with Crippen LogP contribution in [0, 0.1) is 0 Å². The first-order valence-corrected chi connectivity index (χ1v) is 9.72. The number of rotatable bonds is 10. The van der Waals surface area contributed by atoms with E-state index in [1.807, 2.05) is 22.4 Å². The highest BCUT2D eigenvalue weighted by atomic mass is 127. The summed E-state index contributed by atoms with van der Waals surface area (Å²) in [4.78, 5) is 5.99. The van der Waals surface area contributed by atoms with E-state index in [4.69, 9.17) is 4.99 Å². The van der Waals surface area contributed by atoms with Gasteiger partial charge in [-0.1, -0.05) is 25.1 Å². The molecule has 1 aromatic carbocycles. The zero-order valence-electron chi connectivity index (χ0n) is 15.5. The van der Waals surface area contributed by atoms with Gasteiger partial charge in [-0.05, 0) is 31.9 Å². The number of unbranched alkanes of at least 4 members (excludes halogenated alkanes) is 1. The lowest BCUT2D eigenvalue weighted by atomic mass is 10.3. The van der Waals surface area contributed by atoms with Gasteiger partial charge in [-0.2, -0.15) is 0 Å². The summed E-state index contributed by atoms with van der Waals surface area (Å²) >= 11 is 1.86. The average molecular weight is 488 g/mol. The van der Waals surface area contributed by atoms with Gasteiger partial charge < -0.3 is 15.2 Å². The molecular formula is C18H29IN6S. The molecule has 0 aliphatic rings. The van der Waals surface area contributed by atoms with Crippen LogP contribution in [0.2, 0.25) is 0 Å². The normalized spacial score (nSPS) is 12.3. The van der Waals surface area contributed by atoms with Crippen LogP contribution in [0.4, 0.5) is 0 Å². The summed E-state index contributed by atoms with van der Waals surface area (Å²) in [6.07, 6.45) is 5.68. The summed E-state index contributed by atoms with van der Waals surface area (Å²) in [5.41, 5.74) is 0. The van der Waals surface area contributed by atoms with Crippen LogP contribution in [-0.2, 0) is 6.54 Å². The lowest BCUT2D eigenvalue weighted by molar-refractivity contribution is 0.598. The maximum atomic E-state index is 4.71. The van der Waals surface area contributed by atoms with Gasteiger partial charge in [0.05, 0.1) is 6.54 Å². The van der Waals surface area contributed by atoms with Gasteiger partial charge in [0.1, 0.15) is 12.7 Å². The van der Waals surface area contributed by atoms with Crippen LogP contribution in [-0.4, -0.2) is 45.6 Å². The van der Waals surface area contributed by atoms with E-state index < -0.39 is 0 Å². The van der Waals surface area contributed by atoms with Crippen molar-refractivity contribution in [3.63, 3.8) is 0 Å². The Morgan fingerprint density at radius 1 is 1.15 bits per heavy atom. The number of hydrogen-bond acceptors (Lipinski definition) is 4. The second-order valence-electron chi connectivity index (χ2n) is 5.79. The van der Waals surface area contributed by atoms with Crippen molar-refractivity contribution in [2.75, 3.05) is 19.6 Å². The zero-order valence-corrected chi connectivity index (χ0v) is 18.6. The number of aromatic nitrogens is 3. The minimum absolute atomic E-state index is 0. The Bertz CT molecular complexity index is 605. The van der Waals surface area contributed by atoms with E-state index in [0.717, 1.165) is 45.0 Å². The lowest BCUT2D eigenvalue weighted by Crippen LogP contribution is -2.38. The van der Waals surface area contributed by atoms with Crippen molar-refractivity contribution in [1.82, 2.24) is 25.4 Å². The van der Waals surface area contributed by atoms with E-state index in [1.54, 1.807) is 12.7 Å². The second-order valence-corrected chi connectivity index (χ2v) is 7.31. The molecule has 0 saturated carbocycles. The van der Waals surface area contributed by atoms with Crippen LogP contribution < -0.4 is 10.6 Å². The maximum absolute atomic E-state index is 4.71. The quantitative estimate of drug-likeness (QED) is 0.177. The van der Waals surface area contributed by atoms with Gasteiger partial charge in [0.15, 0.2) is 5.96 Å². The molecule has 144 valence electrons. The van der Waals surface area contributed by atoms with Crippen molar-refractivity contribution < 1.29 is 0 Å². The minimum atomic E-state index is 0. The molecule has 0 bridgehead atoms. The molecule has 8 heteroatoms. The Morgan fingerprint density at radius 3 is 2.58 bits per heavy atom. The zero-order chi connectivity index (χ0) is 17.7. The Labute approximate surface area is 177 Å². The smallest absolute Gasteiger partial charge is 0.191 e. The van der Waals surface area contributed by atoms with Gasteiger partial charge in [0.2, 0.25) is 0 Å². The molecule has 1 unspecified atom stereocenters. The first-order valence-electron chi connectivity index (χ1n) is 8.84. The van der Waals surface area contributed by atoms with Gasteiger partial charge >= 0.3 is 0 Å². The van der Waals surface area contributed by atoms with Crippen LogP contribution in [0.15, 0.2) is 52.9 Å². The SMILES string of the molecule is CCNC(=NCC(C)Sc1ccccc1)NCCCCn1cnnc1.I. The number of nitrogens with zero attached hydrogens (tertiary/aromatic N) is 4.